The van der Waals surface area contributed by atoms with Crippen molar-refractivity contribution in [2.24, 2.45) is 10.8 Å². The first-order valence-electron chi connectivity index (χ1n) is 4.07. The van der Waals surface area contributed by atoms with Gasteiger partial charge in [-0.05, 0) is 17.7 Å². The number of halogens is 1. The average molecular weight is 193 g/mol. The number of rotatable bonds is 1. The second-order valence-corrected chi connectivity index (χ2v) is 3.00. The van der Waals surface area contributed by atoms with E-state index in [4.69, 9.17) is 5.73 Å². The van der Waals surface area contributed by atoms with Crippen LogP contribution < -0.4 is 11.2 Å². The fourth-order valence-electron chi connectivity index (χ4n) is 1.36. The van der Waals surface area contributed by atoms with Gasteiger partial charge in [-0.15, -0.1) is 0 Å². The Morgan fingerprint density at radius 2 is 2.00 bits per heavy atom. The normalized spacial score (nSPS) is 20.5. The SMILES string of the molecule is NC1=NNC(=O)[C@@H]1c1ccc(F)cc1. The summed E-state index contributed by atoms with van der Waals surface area (Å²) in [7, 11) is 0. The maximum Gasteiger partial charge on any atom is 0.255 e. The van der Waals surface area contributed by atoms with E-state index in [-0.39, 0.29) is 17.6 Å². The number of carbonyl (C=O) groups is 1. The highest BCUT2D eigenvalue weighted by Crippen LogP contribution is 2.19. The van der Waals surface area contributed by atoms with Gasteiger partial charge in [0.05, 0.1) is 0 Å². The molecule has 1 aliphatic rings. The van der Waals surface area contributed by atoms with Crippen molar-refractivity contribution in [3.63, 3.8) is 0 Å². The molecule has 1 aromatic rings. The van der Waals surface area contributed by atoms with Crippen molar-refractivity contribution in [2.45, 2.75) is 5.92 Å². The molecule has 4 nitrogen and oxygen atoms in total. The molecular formula is C9H8FN3O. The molecule has 0 aliphatic carbocycles. The average Bonchev–Trinajstić information content (AvgIpc) is 2.49. The van der Waals surface area contributed by atoms with Gasteiger partial charge in [0.25, 0.3) is 5.91 Å². The maximum atomic E-state index is 12.6. The van der Waals surface area contributed by atoms with Crippen molar-refractivity contribution < 1.29 is 9.18 Å². The largest absolute Gasteiger partial charge is 0.385 e. The molecule has 5 heteroatoms. The Labute approximate surface area is 79.6 Å². The first-order chi connectivity index (χ1) is 6.68. The van der Waals surface area contributed by atoms with Crippen molar-refractivity contribution in [1.29, 1.82) is 0 Å². The minimum atomic E-state index is -0.587. The minimum absolute atomic E-state index is 0.210. The molecule has 0 saturated carbocycles. The van der Waals surface area contributed by atoms with Gasteiger partial charge in [-0.25, -0.2) is 9.82 Å². The van der Waals surface area contributed by atoms with Crippen molar-refractivity contribution in [3.05, 3.63) is 35.6 Å². The lowest BCUT2D eigenvalue weighted by Gasteiger charge is -2.06. The van der Waals surface area contributed by atoms with Crippen molar-refractivity contribution in [3.8, 4) is 0 Å². The van der Waals surface area contributed by atoms with Gasteiger partial charge in [-0.2, -0.15) is 5.10 Å². The highest BCUT2D eigenvalue weighted by atomic mass is 19.1. The summed E-state index contributed by atoms with van der Waals surface area (Å²) in [6.45, 7) is 0. The van der Waals surface area contributed by atoms with Crippen LogP contribution in [0.1, 0.15) is 11.5 Å². The zero-order valence-corrected chi connectivity index (χ0v) is 7.20. The highest BCUT2D eigenvalue weighted by Gasteiger charge is 2.29. The van der Waals surface area contributed by atoms with Gasteiger partial charge in [-0.3, -0.25) is 4.79 Å². The van der Waals surface area contributed by atoms with Crippen LogP contribution >= 0.6 is 0 Å². The van der Waals surface area contributed by atoms with Crippen molar-refractivity contribution >= 4 is 11.7 Å². The summed E-state index contributed by atoms with van der Waals surface area (Å²) in [5.74, 6) is -1.01. The van der Waals surface area contributed by atoms with Gasteiger partial charge in [0.1, 0.15) is 17.6 Å². The molecule has 0 unspecified atom stereocenters. The molecule has 72 valence electrons. The molecule has 1 aliphatic heterocycles. The third-order valence-corrected chi connectivity index (χ3v) is 2.06. The van der Waals surface area contributed by atoms with Crippen molar-refractivity contribution in [1.82, 2.24) is 5.43 Å². The predicted octanol–water partition coefficient (Wildman–Crippen LogP) is 0.311. The topological polar surface area (TPSA) is 67.5 Å². The Balaban J connectivity index is 2.35. The fraction of sp³-hybridized carbons (Fsp3) is 0.111. The smallest absolute Gasteiger partial charge is 0.255 e. The minimum Gasteiger partial charge on any atom is -0.385 e. The van der Waals surface area contributed by atoms with Crippen LogP contribution in [0.2, 0.25) is 0 Å². The number of amidine groups is 1. The lowest BCUT2D eigenvalue weighted by Crippen LogP contribution is -2.25. The van der Waals surface area contributed by atoms with Gasteiger partial charge in [-0.1, -0.05) is 12.1 Å². The number of benzene rings is 1. The van der Waals surface area contributed by atoms with Crippen LogP contribution in [0.15, 0.2) is 29.4 Å². The molecule has 1 aromatic carbocycles. The summed E-state index contributed by atoms with van der Waals surface area (Å²) in [4.78, 5) is 11.3. The van der Waals surface area contributed by atoms with Crippen LogP contribution in [0.25, 0.3) is 0 Å². The predicted molar refractivity (Wildman–Crippen MR) is 48.9 cm³/mol. The quantitative estimate of drug-likeness (QED) is 0.674. The molecule has 1 heterocycles. The Morgan fingerprint density at radius 1 is 1.36 bits per heavy atom. The van der Waals surface area contributed by atoms with E-state index in [0.29, 0.717) is 5.56 Å². The van der Waals surface area contributed by atoms with Crippen LogP contribution in [-0.4, -0.2) is 11.7 Å². The molecule has 2 rings (SSSR count). The van der Waals surface area contributed by atoms with Gasteiger partial charge in [0.2, 0.25) is 0 Å². The van der Waals surface area contributed by atoms with Crippen LogP contribution in [0, 0.1) is 5.82 Å². The molecule has 0 aromatic heterocycles. The second-order valence-electron chi connectivity index (χ2n) is 3.00. The Hall–Kier alpha value is -1.91. The van der Waals surface area contributed by atoms with E-state index in [1.807, 2.05) is 0 Å². The monoisotopic (exact) mass is 193 g/mol. The summed E-state index contributed by atoms with van der Waals surface area (Å²) in [6.07, 6.45) is 0. The number of nitrogens with zero attached hydrogens (tertiary/aromatic N) is 1. The number of hydrazone groups is 1. The number of carbonyl (C=O) groups excluding carboxylic acids is 1. The van der Waals surface area contributed by atoms with Gasteiger partial charge in [0.15, 0.2) is 0 Å². The number of hydrogen-bond donors (Lipinski definition) is 2. The van der Waals surface area contributed by atoms with Crippen LogP contribution in [0.4, 0.5) is 4.39 Å². The Kier molecular flexibility index (Phi) is 1.92. The Morgan fingerprint density at radius 3 is 2.50 bits per heavy atom. The molecule has 0 fully saturated rings. The number of nitrogens with one attached hydrogen (secondary N) is 1. The molecular weight excluding hydrogens is 185 g/mol. The lowest BCUT2D eigenvalue weighted by atomic mass is 9.98. The molecule has 14 heavy (non-hydrogen) atoms. The summed E-state index contributed by atoms with van der Waals surface area (Å²) >= 11 is 0. The molecule has 1 atom stereocenters. The standard InChI is InChI=1S/C9H8FN3O/c10-6-3-1-5(2-4-6)7-8(11)12-13-9(7)14/h1-4,7H,(H2,11,12)(H,13,14)/t7-/m1/s1. The summed E-state index contributed by atoms with van der Waals surface area (Å²) in [5, 5.41) is 3.60. The van der Waals surface area contributed by atoms with E-state index >= 15 is 0 Å². The molecule has 0 radical (unpaired) electrons. The third kappa shape index (κ3) is 1.32. The van der Waals surface area contributed by atoms with Gasteiger partial charge >= 0.3 is 0 Å². The van der Waals surface area contributed by atoms with Crippen LogP contribution in [0.3, 0.4) is 0 Å². The molecule has 0 bridgehead atoms. The highest BCUT2D eigenvalue weighted by molar-refractivity contribution is 6.10. The third-order valence-electron chi connectivity index (χ3n) is 2.06. The molecule has 3 N–H and O–H groups in total. The number of amides is 1. The maximum absolute atomic E-state index is 12.6. The van der Waals surface area contributed by atoms with Crippen molar-refractivity contribution in [2.75, 3.05) is 0 Å². The first kappa shape index (κ1) is 8.68. The summed E-state index contributed by atoms with van der Waals surface area (Å²) in [6, 6.07) is 5.61. The molecule has 1 amide bonds. The second kappa shape index (κ2) is 3.10. The van der Waals surface area contributed by atoms with Crippen LogP contribution in [-0.2, 0) is 4.79 Å². The molecule has 0 saturated heterocycles. The van der Waals surface area contributed by atoms with E-state index in [2.05, 4.69) is 10.5 Å². The lowest BCUT2D eigenvalue weighted by molar-refractivity contribution is -0.120. The summed E-state index contributed by atoms with van der Waals surface area (Å²) in [5.41, 5.74) is 8.42. The van der Waals surface area contributed by atoms with E-state index in [9.17, 15) is 9.18 Å². The van der Waals surface area contributed by atoms with E-state index < -0.39 is 5.92 Å². The zero-order valence-electron chi connectivity index (χ0n) is 7.20. The van der Waals surface area contributed by atoms with E-state index in [1.54, 1.807) is 0 Å². The Bertz CT molecular complexity index is 399. The summed E-state index contributed by atoms with van der Waals surface area (Å²) < 4.78 is 12.6. The number of nitrogens with two attached hydrogens (primary N) is 1. The first-order valence-corrected chi connectivity index (χ1v) is 4.07. The van der Waals surface area contributed by atoms with Gasteiger partial charge < -0.3 is 5.73 Å². The van der Waals surface area contributed by atoms with Gasteiger partial charge in [0, 0.05) is 0 Å². The number of hydrogen-bond acceptors (Lipinski definition) is 3. The van der Waals surface area contributed by atoms with E-state index in [0.717, 1.165) is 0 Å². The van der Waals surface area contributed by atoms with E-state index in [1.165, 1.54) is 24.3 Å². The van der Waals surface area contributed by atoms with Crippen LogP contribution in [0.5, 0.6) is 0 Å². The fourth-order valence-corrected chi connectivity index (χ4v) is 1.36. The zero-order chi connectivity index (χ0) is 10.1. The molecule has 0 spiro atoms.